The van der Waals surface area contributed by atoms with Gasteiger partial charge < -0.3 is 4.90 Å². The maximum Gasteiger partial charge on any atom is 0.261 e. The Morgan fingerprint density at radius 1 is 0.957 bits per heavy atom. The molecule has 0 radical (unpaired) electrons. The Hall–Kier alpha value is -2.01. The van der Waals surface area contributed by atoms with E-state index in [0.29, 0.717) is 10.6 Å². The molecule has 4 nitrogen and oxygen atoms in total. The van der Waals surface area contributed by atoms with Gasteiger partial charge in [-0.3, -0.25) is 4.72 Å². The molecule has 1 heterocycles. The minimum absolute atomic E-state index is 0.298. The molecule has 3 rings (SSSR count). The SMILES string of the molecule is Cc1ccc(S(=O)(=O)Nc2cccc(N3CCCC3)c2)cc1C. The van der Waals surface area contributed by atoms with Gasteiger partial charge in [-0.15, -0.1) is 0 Å². The van der Waals surface area contributed by atoms with Crippen LogP contribution in [-0.4, -0.2) is 21.5 Å². The lowest BCUT2D eigenvalue weighted by molar-refractivity contribution is 0.601. The second-order valence-corrected chi connectivity index (χ2v) is 7.78. The van der Waals surface area contributed by atoms with Crippen molar-refractivity contribution in [2.45, 2.75) is 31.6 Å². The number of sulfonamides is 1. The van der Waals surface area contributed by atoms with Gasteiger partial charge in [0.1, 0.15) is 0 Å². The van der Waals surface area contributed by atoms with Crippen LogP contribution in [0.4, 0.5) is 11.4 Å². The van der Waals surface area contributed by atoms with Crippen molar-refractivity contribution in [3.05, 3.63) is 53.6 Å². The molecule has 2 aromatic carbocycles. The molecule has 122 valence electrons. The number of hydrogen-bond acceptors (Lipinski definition) is 3. The van der Waals surface area contributed by atoms with Gasteiger partial charge in [-0.25, -0.2) is 8.42 Å². The molecule has 23 heavy (non-hydrogen) atoms. The van der Waals surface area contributed by atoms with E-state index >= 15 is 0 Å². The Bertz CT molecular complexity index is 810. The lowest BCUT2D eigenvalue weighted by Crippen LogP contribution is -2.18. The first-order valence-electron chi connectivity index (χ1n) is 7.91. The van der Waals surface area contributed by atoms with Crippen molar-refractivity contribution in [3.63, 3.8) is 0 Å². The molecule has 0 bridgehead atoms. The minimum Gasteiger partial charge on any atom is -0.371 e. The summed E-state index contributed by atoms with van der Waals surface area (Å²) in [6.07, 6.45) is 2.39. The van der Waals surface area contributed by atoms with Crippen LogP contribution in [0.15, 0.2) is 47.4 Å². The average molecular weight is 330 g/mol. The van der Waals surface area contributed by atoms with Crippen LogP contribution in [0.3, 0.4) is 0 Å². The molecule has 1 fully saturated rings. The normalized spacial score (nSPS) is 15.0. The van der Waals surface area contributed by atoms with Gasteiger partial charge in [0.2, 0.25) is 0 Å². The minimum atomic E-state index is -3.56. The zero-order chi connectivity index (χ0) is 16.4. The van der Waals surface area contributed by atoms with E-state index in [0.717, 1.165) is 29.9 Å². The van der Waals surface area contributed by atoms with Gasteiger partial charge in [0.15, 0.2) is 0 Å². The summed E-state index contributed by atoms with van der Waals surface area (Å²) in [6.45, 7) is 5.96. The second-order valence-electron chi connectivity index (χ2n) is 6.10. The van der Waals surface area contributed by atoms with Gasteiger partial charge in [-0.05, 0) is 68.1 Å². The van der Waals surface area contributed by atoms with E-state index in [-0.39, 0.29) is 0 Å². The van der Waals surface area contributed by atoms with Crippen LogP contribution in [-0.2, 0) is 10.0 Å². The molecule has 5 heteroatoms. The maximum absolute atomic E-state index is 12.6. The van der Waals surface area contributed by atoms with Crippen LogP contribution < -0.4 is 9.62 Å². The number of benzene rings is 2. The van der Waals surface area contributed by atoms with Crippen molar-refractivity contribution in [2.75, 3.05) is 22.7 Å². The Labute approximate surface area is 138 Å². The lowest BCUT2D eigenvalue weighted by Gasteiger charge is -2.18. The summed E-state index contributed by atoms with van der Waals surface area (Å²) in [5.74, 6) is 0. The van der Waals surface area contributed by atoms with Crippen LogP contribution in [0.5, 0.6) is 0 Å². The van der Waals surface area contributed by atoms with E-state index in [1.807, 2.05) is 38.1 Å². The van der Waals surface area contributed by atoms with Gasteiger partial charge in [0.05, 0.1) is 10.6 Å². The van der Waals surface area contributed by atoms with Crippen molar-refractivity contribution >= 4 is 21.4 Å². The summed E-state index contributed by atoms with van der Waals surface area (Å²) in [7, 11) is -3.56. The van der Waals surface area contributed by atoms with E-state index in [1.54, 1.807) is 18.2 Å². The highest BCUT2D eigenvalue weighted by molar-refractivity contribution is 7.92. The van der Waals surface area contributed by atoms with Gasteiger partial charge in [-0.2, -0.15) is 0 Å². The van der Waals surface area contributed by atoms with Crippen LogP contribution >= 0.6 is 0 Å². The van der Waals surface area contributed by atoms with Crippen molar-refractivity contribution < 1.29 is 8.42 Å². The molecular formula is C18H22N2O2S. The largest absolute Gasteiger partial charge is 0.371 e. The summed E-state index contributed by atoms with van der Waals surface area (Å²) in [5, 5.41) is 0. The molecule has 1 saturated heterocycles. The molecule has 0 unspecified atom stereocenters. The smallest absolute Gasteiger partial charge is 0.261 e. The van der Waals surface area contributed by atoms with Gasteiger partial charge >= 0.3 is 0 Å². The Morgan fingerprint density at radius 3 is 2.39 bits per heavy atom. The third-order valence-electron chi connectivity index (χ3n) is 4.36. The van der Waals surface area contributed by atoms with Crippen molar-refractivity contribution in [2.24, 2.45) is 0 Å². The van der Waals surface area contributed by atoms with E-state index in [2.05, 4.69) is 9.62 Å². The summed E-state index contributed by atoms with van der Waals surface area (Å²) in [5.41, 5.74) is 3.73. The molecule has 0 atom stereocenters. The van der Waals surface area contributed by atoms with Crippen molar-refractivity contribution in [1.29, 1.82) is 0 Å². The highest BCUT2D eigenvalue weighted by atomic mass is 32.2. The molecule has 0 aromatic heterocycles. The first-order chi connectivity index (χ1) is 11.0. The second kappa shape index (κ2) is 6.24. The van der Waals surface area contributed by atoms with Crippen LogP contribution in [0.2, 0.25) is 0 Å². The lowest BCUT2D eigenvalue weighted by atomic mass is 10.1. The molecule has 0 saturated carbocycles. The molecular weight excluding hydrogens is 308 g/mol. The van der Waals surface area contributed by atoms with Crippen molar-refractivity contribution in [3.8, 4) is 0 Å². The predicted molar refractivity (Wildman–Crippen MR) is 94.6 cm³/mol. The van der Waals surface area contributed by atoms with E-state index in [4.69, 9.17) is 0 Å². The summed E-state index contributed by atoms with van der Waals surface area (Å²) < 4.78 is 27.8. The molecule has 1 aliphatic heterocycles. The number of aryl methyl sites for hydroxylation is 2. The third-order valence-corrected chi connectivity index (χ3v) is 5.74. The van der Waals surface area contributed by atoms with Gasteiger partial charge in [0.25, 0.3) is 10.0 Å². The van der Waals surface area contributed by atoms with E-state index in [9.17, 15) is 8.42 Å². The first-order valence-corrected chi connectivity index (χ1v) is 9.39. The number of nitrogens with one attached hydrogen (secondary N) is 1. The highest BCUT2D eigenvalue weighted by Crippen LogP contribution is 2.25. The molecule has 1 N–H and O–H groups in total. The fourth-order valence-electron chi connectivity index (χ4n) is 2.84. The summed E-state index contributed by atoms with van der Waals surface area (Å²) >= 11 is 0. The fourth-order valence-corrected chi connectivity index (χ4v) is 3.97. The molecule has 0 aliphatic carbocycles. The summed E-state index contributed by atoms with van der Waals surface area (Å²) in [4.78, 5) is 2.58. The molecule has 1 aliphatic rings. The van der Waals surface area contributed by atoms with E-state index in [1.165, 1.54) is 12.8 Å². The highest BCUT2D eigenvalue weighted by Gasteiger charge is 2.17. The maximum atomic E-state index is 12.6. The Kier molecular flexibility index (Phi) is 4.31. The number of rotatable bonds is 4. The first kappa shape index (κ1) is 15.9. The predicted octanol–water partition coefficient (Wildman–Crippen LogP) is 3.70. The monoisotopic (exact) mass is 330 g/mol. The fraction of sp³-hybridized carbons (Fsp3) is 0.333. The third kappa shape index (κ3) is 3.50. The van der Waals surface area contributed by atoms with Gasteiger partial charge in [0, 0.05) is 18.8 Å². The molecule has 2 aromatic rings. The van der Waals surface area contributed by atoms with Crippen LogP contribution in [0.25, 0.3) is 0 Å². The number of nitrogens with zero attached hydrogens (tertiary/aromatic N) is 1. The standard InChI is InChI=1S/C18H22N2O2S/c1-14-8-9-18(12-15(14)2)23(21,22)19-16-6-5-7-17(13-16)20-10-3-4-11-20/h5-9,12-13,19H,3-4,10-11H2,1-2H3. The van der Waals surface area contributed by atoms with Crippen molar-refractivity contribution in [1.82, 2.24) is 0 Å². The number of anilines is 2. The van der Waals surface area contributed by atoms with Crippen LogP contribution in [0.1, 0.15) is 24.0 Å². The zero-order valence-electron chi connectivity index (χ0n) is 13.5. The molecule has 0 amide bonds. The number of hydrogen-bond donors (Lipinski definition) is 1. The van der Waals surface area contributed by atoms with E-state index < -0.39 is 10.0 Å². The average Bonchev–Trinajstić information content (AvgIpc) is 3.04. The summed E-state index contributed by atoms with van der Waals surface area (Å²) in [6, 6.07) is 12.8. The Balaban J connectivity index is 1.85. The molecule has 0 spiro atoms. The topological polar surface area (TPSA) is 49.4 Å². The van der Waals surface area contributed by atoms with Crippen LogP contribution in [0, 0.1) is 13.8 Å². The zero-order valence-corrected chi connectivity index (χ0v) is 14.4. The van der Waals surface area contributed by atoms with Gasteiger partial charge in [-0.1, -0.05) is 12.1 Å². The quantitative estimate of drug-likeness (QED) is 0.930. The Morgan fingerprint density at radius 2 is 1.70 bits per heavy atom.